The molecule has 0 saturated carbocycles. The first kappa shape index (κ1) is 13.8. The normalized spacial score (nSPS) is 10.9. The number of amides is 1. The second-order valence-corrected chi connectivity index (χ2v) is 4.86. The van der Waals surface area contributed by atoms with Crippen LogP contribution in [0.2, 0.25) is 0 Å². The van der Waals surface area contributed by atoms with E-state index in [1.807, 2.05) is 42.5 Å². The number of hydrogen-bond acceptors (Lipinski definition) is 3. The number of hydrogen-bond donors (Lipinski definition) is 2. The SMILES string of the molecule is N/N=C/NC(=O)c1ccc2c(-c3ccccc3)cccc2c1. The fraction of sp³-hybridized carbons (Fsp3) is 0. The van der Waals surface area contributed by atoms with Gasteiger partial charge in [-0.25, -0.2) is 0 Å². The second kappa shape index (κ2) is 6.10. The third-order valence-corrected chi connectivity index (χ3v) is 3.50. The van der Waals surface area contributed by atoms with Gasteiger partial charge in [-0.1, -0.05) is 54.6 Å². The lowest BCUT2D eigenvalue weighted by atomic mass is 9.97. The molecule has 3 aromatic rings. The monoisotopic (exact) mass is 289 g/mol. The summed E-state index contributed by atoms with van der Waals surface area (Å²) in [7, 11) is 0. The number of carbonyl (C=O) groups is 1. The van der Waals surface area contributed by atoms with E-state index in [1.54, 1.807) is 6.07 Å². The molecule has 0 bridgehead atoms. The van der Waals surface area contributed by atoms with Crippen molar-refractivity contribution in [2.45, 2.75) is 0 Å². The van der Waals surface area contributed by atoms with Crippen LogP contribution in [0.15, 0.2) is 71.8 Å². The number of benzene rings is 3. The van der Waals surface area contributed by atoms with Crippen LogP contribution < -0.4 is 11.2 Å². The maximum Gasteiger partial charge on any atom is 0.256 e. The molecular weight excluding hydrogens is 274 g/mol. The lowest BCUT2D eigenvalue weighted by Crippen LogP contribution is -2.22. The lowest BCUT2D eigenvalue weighted by Gasteiger charge is -2.08. The van der Waals surface area contributed by atoms with Gasteiger partial charge in [0.2, 0.25) is 0 Å². The number of nitrogens with two attached hydrogens (primary N) is 1. The largest absolute Gasteiger partial charge is 0.322 e. The van der Waals surface area contributed by atoms with E-state index in [1.165, 1.54) is 6.34 Å². The summed E-state index contributed by atoms with van der Waals surface area (Å²) in [6.07, 6.45) is 1.17. The van der Waals surface area contributed by atoms with Crippen molar-refractivity contribution in [1.82, 2.24) is 5.32 Å². The van der Waals surface area contributed by atoms with E-state index < -0.39 is 0 Å². The van der Waals surface area contributed by atoms with E-state index in [2.05, 4.69) is 28.6 Å². The molecule has 3 aromatic carbocycles. The number of carbonyl (C=O) groups excluding carboxylic acids is 1. The Morgan fingerprint density at radius 3 is 2.59 bits per heavy atom. The summed E-state index contributed by atoms with van der Waals surface area (Å²) in [5.74, 6) is 4.75. The van der Waals surface area contributed by atoms with E-state index >= 15 is 0 Å². The van der Waals surface area contributed by atoms with Crippen LogP contribution in [0.4, 0.5) is 0 Å². The van der Waals surface area contributed by atoms with E-state index in [-0.39, 0.29) is 5.91 Å². The Hall–Kier alpha value is -3.14. The van der Waals surface area contributed by atoms with Gasteiger partial charge in [0.05, 0.1) is 0 Å². The van der Waals surface area contributed by atoms with Crippen molar-refractivity contribution in [2.24, 2.45) is 10.9 Å². The molecular formula is C18H15N3O. The molecule has 4 nitrogen and oxygen atoms in total. The van der Waals surface area contributed by atoms with Crippen LogP contribution in [-0.2, 0) is 0 Å². The van der Waals surface area contributed by atoms with Gasteiger partial charge in [0.1, 0.15) is 6.34 Å². The number of nitrogens with one attached hydrogen (secondary N) is 1. The van der Waals surface area contributed by atoms with Crippen molar-refractivity contribution in [3.8, 4) is 11.1 Å². The minimum Gasteiger partial charge on any atom is -0.322 e. The maximum absolute atomic E-state index is 11.9. The average molecular weight is 289 g/mol. The molecule has 1 amide bonds. The Balaban J connectivity index is 2.06. The predicted molar refractivity (Wildman–Crippen MR) is 89.5 cm³/mol. The number of nitrogens with zero attached hydrogens (tertiary/aromatic N) is 1. The smallest absolute Gasteiger partial charge is 0.256 e. The van der Waals surface area contributed by atoms with E-state index in [0.717, 1.165) is 21.9 Å². The molecule has 0 atom stereocenters. The number of hydrazone groups is 1. The molecule has 3 rings (SSSR count). The molecule has 0 saturated heterocycles. The van der Waals surface area contributed by atoms with Crippen molar-refractivity contribution < 1.29 is 4.79 Å². The third kappa shape index (κ3) is 2.67. The summed E-state index contributed by atoms with van der Waals surface area (Å²) in [5.41, 5.74) is 2.87. The van der Waals surface area contributed by atoms with Gasteiger partial charge in [0.15, 0.2) is 0 Å². The molecule has 0 heterocycles. The molecule has 0 radical (unpaired) electrons. The van der Waals surface area contributed by atoms with Crippen LogP contribution in [-0.4, -0.2) is 12.2 Å². The topological polar surface area (TPSA) is 67.5 Å². The molecule has 4 heteroatoms. The first-order chi connectivity index (χ1) is 10.8. The Bertz CT molecular complexity index is 841. The fourth-order valence-corrected chi connectivity index (χ4v) is 2.47. The highest BCUT2D eigenvalue weighted by atomic mass is 16.1. The molecule has 0 spiro atoms. The van der Waals surface area contributed by atoms with Crippen LogP contribution >= 0.6 is 0 Å². The summed E-state index contributed by atoms with van der Waals surface area (Å²) in [6.45, 7) is 0. The molecule has 0 aliphatic rings. The van der Waals surface area contributed by atoms with Crippen molar-refractivity contribution in [3.63, 3.8) is 0 Å². The minimum absolute atomic E-state index is 0.235. The zero-order valence-electron chi connectivity index (χ0n) is 11.9. The van der Waals surface area contributed by atoms with Gasteiger partial charge in [-0.3, -0.25) is 4.79 Å². The van der Waals surface area contributed by atoms with E-state index in [9.17, 15) is 4.79 Å². The van der Waals surface area contributed by atoms with Crippen LogP contribution in [0.5, 0.6) is 0 Å². The van der Waals surface area contributed by atoms with Crippen molar-refractivity contribution in [2.75, 3.05) is 0 Å². The molecule has 0 fully saturated rings. The predicted octanol–water partition coefficient (Wildman–Crippen LogP) is 3.14. The second-order valence-electron chi connectivity index (χ2n) is 4.86. The summed E-state index contributed by atoms with van der Waals surface area (Å²) in [4.78, 5) is 11.9. The number of rotatable bonds is 3. The molecule has 108 valence electrons. The molecule has 0 aliphatic heterocycles. The Morgan fingerprint density at radius 2 is 1.82 bits per heavy atom. The Kier molecular flexibility index (Phi) is 3.83. The van der Waals surface area contributed by atoms with E-state index in [0.29, 0.717) is 5.56 Å². The molecule has 3 N–H and O–H groups in total. The van der Waals surface area contributed by atoms with Crippen LogP contribution in [0.1, 0.15) is 10.4 Å². The summed E-state index contributed by atoms with van der Waals surface area (Å²) >= 11 is 0. The first-order valence-corrected chi connectivity index (χ1v) is 6.90. The zero-order valence-corrected chi connectivity index (χ0v) is 11.9. The van der Waals surface area contributed by atoms with Crippen molar-refractivity contribution in [3.05, 3.63) is 72.3 Å². The van der Waals surface area contributed by atoms with Gasteiger partial charge >= 0.3 is 0 Å². The highest BCUT2D eigenvalue weighted by molar-refractivity contribution is 6.05. The zero-order chi connectivity index (χ0) is 15.4. The van der Waals surface area contributed by atoms with Gasteiger partial charge in [0, 0.05) is 5.56 Å². The van der Waals surface area contributed by atoms with Crippen LogP contribution in [0, 0.1) is 0 Å². The lowest BCUT2D eigenvalue weighted by molar-refractivity contribution is 0.0978. The van der Waals surface area contributed by atoms with Crippen molar-refractivity contribution in [1.29, 1.82) is 0 Å². The highest BCUT2D eigenvalue weighted by Gasteiger charge is 2.08. The molecule has 0 aliphatic carbocycles. The van der Waals surface area contributed by atoms with Crippen LogP contribution in [0.3, 0.4) is 0 Å². The molecule has 22 heavy (non-hydrogen) atoms. The van der Waals surface area contributed by atoms with Gasteiger partial charge in [-0.05, 0) is 34.0 Å². The van der Waals surface area contributed by atoms with Crippen molar-refractivity contribution >= 4 is 23.0 Å². The quantitative estimate of drug-likeness (QED) is 0.336. The summed E-state index contributed by atoms with van der Waals surface area (Å²) in [6, 6.07) is 21.9. The fourth-order valence-electron chi connectivity index (χ4n) is 2.47. The third-order valence-electron chi connectivity index (χ3n) is 3.50. The summed E-state index contributed by atoms with van der Waals surface area (Å²) in [5, 5.41) is 7.89. The molecule has 0 aromatic heterocycles. The number of fused-ring (bicyclic) bond motifs is 1. The highest BCUT2D eigenvalue weighted by Crippen LogP contribution is 2.29. The van der Waals surface area contributed by atoms with Gasteiger partial charge in [0.25, 0.3) is 5.91 Å². The van der Waals surface area contributed by atoms with E-state index in [4.69, 9.17) is 5.84 Å². The summed E-state index contributed by atoms with van der Waals surface area (Å²) < 4.78 is 0. The maximum atomic E-state index is 11.9. The Labute approximate surface area is 128 Å². The van der Waals surface area contributed by atoms with Crippen LogP contribution in [0.25, 0.3) is 21.9 Å². The first-order valence-electron chi connectivity index (χ1n) is 6.90. The Morgan fingerprint density at radius 1 is 1.00 bits per heavy atom. The average Bonchev–Trinajstić information content (AvgIpc) is 2.59. The molecule has 0 unspecified atom stereocenters. The van der Waals surface area contributed by atoms with Gasteiger partial charge < -0.3 is 11.2 Å². The van der Waals surface area contributed by atoms with Gasteiger partial charge in [-0.15, -0.1) is 0 Å². The standard InChI is InChI=1S/C18H15N3O/c19-21-12-20-18(22)15-9-10-17-14(11-15)7-4-8-16(17)13-5-2-1-3-6-13/h1-12H,19H2,(H,20,21,22). The minimum atomic E-state index is -0.235. The van der Waals surface area contributed by atoms with Gasteiger partial charge in [-0.2, -0.15) is 5.10 Å².